The molecular formula is C11H18N4O2S. The highest BCUT2D eigenvalue weighted by Crippen LogP contribution is 2.24. The molecule has 18 heavy (non-hydrogen) atoms. The number of nitrogen functional groups attached to an aromatic ring is 1. The summed E-state index contributed by atoms with van der Waals surface area (Å²) in [5.74, 6) is 0.0561. The number of aromatic nitrogens is 3. The number of nitrogens with zero attached hydrogens (tertiary/aromatic N) is 2. The lowest BCUT2D eigenvalue weighted by molar-refractivity contribution is -0.149. The van der Waals surface area contributed by atoms with E-state index in [-0.39, 0.29) is 23.3 Å². The van der Waals surface area contributed by atoms with Gasteiger partial charge < -0.3 is 10.5 Å². The van der Waals surface area contributed by atoms with Crippen molar-refractivity contribution in [1.29, 1.82) is 0 Å². The Balaban J connectivity index is 1.80. The van der Waals surface area contributed by atoms with Gasteiger partial charge in [-0.15, -0.1) is 5.10 Å². The summed E-state index contributed by atoms with van der Waals surface area (Å²) in [5, 5.41) is 6.57. The minimum Gasteiger partial charge on any atom is -0.462 e. The second-order valence-corrected chi connectivity index (χ2v) is 5.77. The number of nitrogens with two attached hydrogens (primary N) is 1. The SMILES string of the molecule is C[C@@H](Sc1n[nH]c(N)n1)C(=O)OC1CCCCC1. The van der Waals surface area contributed by atoms with Crippen molar-refractivity contribution in [2.24, 2.45) is 0 Å². The van der Waals surface area contributed by atoms with E-state index in [4.69, 9.17) is 10.5 Å². The normalized spacial score (nSPS) is 18.5. The highest BCUT2D eigenvalue weighted by atomic mass is 32.2. The van der Waals surface area contributed by atoms with E-state index in [0.717, 1.165) is 25.7 Å². The molecule has 6 nitrogen and oxygen atoms in total. The van der Waals surface area contributed by atoms with Gasteiger partial charge in [-0.25, -0.2) is 5.10 Å². The molecule has 1 aromatic heterocycles. The second-order valence-electron chi connectivity index (χ2n) is 4.46. The van der Waals surface area contributed by atoms with Gasteiger partial charge in [0.05, 0.1) is 0 Å². The zero-order valence-corrected chi connectivity index (χ0v) is 11.2. The zero-order chi connectivity index (χ0) is 13.0. The summed E-state index contributed by atoms with van der Waals surface area (Å²) in [6.07, 6.45) is 5.60. The van der Waals surface area contributed by atoms with Crippen LogP contribution < -0.4 is 5.73 Å². The second kappa shape index (κ2) is 6.08. The number of anilines is 1. The molecule has 100 valence electrons. The number of hydrogen-bond donors (Lipinski definition) is 2. The minimum absolute atomic E-state index is 0.0894. The van der Waals surface area contributed by atoms with Crippen molar-refractivity contribution in [3.63, 3.8) is 0 Å². The van der Waals surface area contributed by atoms with Crippen LogP contribution >= 0.6 is 11.8 Å². The third-order valence-electron chi connectivity index (χ3n) is 2.93. The molecule has 2 rings (SSSR count). The number of rotatable bonds is 4. The lowest BCUT2D eigenvalue weighted by atomic mass is 9.98. The van der Waals surface area contributed by atoms with Crippen LogP contribution in [0, 0.1) is 0 Å². The Morgan fingerprint density at radius 1 is 1.50 bits per heavy atom. The van der Waals surface area contributed by atoms with Crippen LogP contribution in [0.2, 0.25) is 0 Å². The lowest BCUT2D eigenvalue weighted by Gasteiger charge is -2.23. The maximum absolute atomic E-state index is 11.9. The van der Waals surface area contributed by atoms with E-state index in [1.165, 1.54) is 18.2 Å². The third kappa shape index (κ3) is 3.63. The van der Waals surface area contributed by atoms with Crippen LogP contribution in [-0.4, -0.2) is 32.5 Å². The Bertz CT molecular complexity index is 404. The highest BCUT2D eigenvalue weighted by Gasteiger charge is 2.23. The Hall–Kier alpha value is -1.24. The van der Waals surface area contributed by atoms with E-state index in [0.29, 0.717) is 5.16 Å². The molecule has 0 bridgehead atoms. The zero-order valence-electron chi connectivity index (χ0n) is 10.4. The fourth-order valence-corrected chi connectivity index (χ4v) is 2.68. The molecule has 0 aliphatic heterocycles. The molecular weight excluding hydrogens is 252 g/mol. The van der Waals surface area contributed by atoms with Crippen LogP contribution in [0.1, 0.15) is 39.0 Å². The Morgan fingerprint density at radius 2 is 2.22 bits per heavy atom. The molecule has 3 N–H and O–H groups in total. The van der Waals surface area contributed by atoms with Gasteiger partial charge in [0, 0.05) is 0 Å². The van der Waals surface area contributed by atoms with Crippen LogP contribution in [0.5, 0.6) is 0 Å². The number of carbonyl (C=O) groups excluding carboxylic acids is 1. The van der Waals surface area contributed by atoms with Crippen molar-refractivity contribution in [1.82, 2.24) is 15.2 Å². The molecule has 1 aliphatic rings. The van der Waals surface area contributed by atoms with Crippen molar-refractivity contribution in [3.8, 4) is 0 Å². The van der Waals surface area contributed by atoms with E-state index in [2.05, 4.69) is 15.2 Å². The molecule has 0 unspecified atom stereocenters. The average molecular weight is 270 g/mol. The first-order valence-corrected chi connectivity index (χ1v) is 7.08. The molecule has 1 aromatic rings. The average Bonchev–Trinajstić information content (AvgIpc) is 2.76. The monoisotopic (exact) mass is 270 g/mol. The van der Waals surface area contributed by atoms with Crippen molar-refractivity contribution in [2.45, 2.75) is 55.5 Å². The summed E-state index contributed by atoms with van der Waals surface area (Å²) in [5.41, 5.74) is 5.42. The fourth-order valence-electron chi connectivity index (χ4n) is 1.96. The molecule has 1 fully saturated rings. The number of H-pyrrole nitrogens is 1. The molecule has 0 amide bonds. The fraction of sp³-hybridized carbons (Fsp3) is 0.727. The Kier molecular flexibility index (Phi) is 4.46. The third-order valence-corrected chi connectivity index (χ3v) is 3.87. The standard InChI is InChI=1S/C11H18N4O2S/c1-7(18-11-13-10(12)14-15-11)9(16)17-8-5-3-2-4-6-8/h7-8H,2-6H2,1H3,(H3,12,13,14,15)/t7-/m1/s1. The smallest absolute Gasteiger partial charge is 0.319 e. The first-order chi connectivity index (χ1) is 8.65. The topological polar surface area (TPSA) is 93.9 Å². The van der Waals surface area contributed by atoms with E-state index < -0.39 is 0 Å². The molecule has 7 heteroatoms. The van der Waals surface area contributed by atoms with Crippen LogP contribution in [0.3, 0.4) is 0 Å². The van der Waals surface area contributed by atoms with Crippen LogP contribution in [-0.2, 0) is 9.53 Å². The van der Waals surface area contributed by atoms with Crippen LogP contribution in [0.4, 0.5) is 5.95 Å². The van der Waals surface area contributed by atoms with Gasteiger partial charge in [-0.05, 0) is 32.6 Å². The van der Waals surface area contributed by atoms with E-state index >= 15 is 0 Å². The summed E-state index contributed by atoms with van der Waals surface area (Å²) < 4.78 is 5.48. The van der Waals surface area contributed by atoms with Crippen molar-refractivity contribution in [2.75, 3.05) is 5.73 Å². The van der Waals surface area contributed by atoms with E-state index in [1.807, 2.05) is 0 Å². The van der Waals surface area contributed by atoms with Gasteiger partial charge in [0.1, 0.15) is 11.4 Å². The molecule has 1 atom stereocenters. The predicted octanol–water partition coefficient (Wildman–Crippen LogP) is 1.74. The van der Waals surface area contributed by atoms with Gasteiger partial charge in [0.25, 0.3) is 0 Å². The molecule has 0 radical (unpaired) electrons. The predicted molar refractivity (Wildman–Crippen MR) is 69.1 cm³/mol. The highest BCUT2D eigenvalue weighted by molar-refractivity contribution is 8.00. The number of hydrogen-bond acceptors (Lipinski definition) is 6. The molecule has 1 heterocycles. The number of ether oxygens (including phenoxy) is 1. The quantitative estimate of drug-likeness (QED) is 0.639. The Morgan fingerprint density at radius 3 is 2.83 bits per heavy atom. The first-order valence-electron chi connectivity index (χ1n) is 6.20. The summed E-state index contributed by atoms with van der Waals surface area (Å²) in [4.78, 5) is 15.8. The lowest BCUT2D eigenvalue weighted by Crippen LogP contribution is -2.26. The molecule has 1 saturated carbocycles. The summed E-state index contributed by atoms with van der Waals surface area (Å²) in [6, 6.07) is 0. The van der Waals surface area contributed by atoms with Gasteiger partial charge in [0.2, 0.25) is 11.1 Å². The number of carbonyl (C=O) groups is 1. The van der Waals surface area contributed by atoms with Crippen LogP contribution in [0.25, 0.3) is 0 Å². The van der Waals surface area contributed by atoms with Crippen molar-refractivity contribution < 1.29 is 9.53 Å². The van der Waals surface area contributed by atoms with Crippen LogP contribution in [0.15, 0.2) is 5.16 Å². The maximum atomic E-state index is 11.9. The summed E-state index contributed by atoms with van der Waals surface area (Å²) in [6.45, 7) is 1.79. The van der Waals surface area contributed by atoms with Gasteiger partial charge in [0.15, 0.2) is 0 Å². The minimum atomic E-state index is -0.317. The van der Waals surface area contributed by atoms with Gasteiger partial charge in [-0.1, -0.05) is 18.2 Å². The van der Waals surface area contributed by atoms with E-state index in [1.54, 1.807) is 6.92 Å². The number of esters is 1. The molecule has 0 spiro atoms. The van der Waals surface area contributed by atoms with Gasteiger partial charge >= 0.3 is 5.97 Å². The summed E-state index contributed by atoms with van der Waals surface area (Å²) >= 11 is 1.25. The number of thioether (sulfide) groups is 1. The molecule has 0 aromatic carbocycles. The number of nitrogens with one attached hydrogen (secondary N) is 1. The van der Waals surface area contributed by atoms with Gasteiger partial charge in [-0.2, -0.15) is 4.98 Å². The van der Waals surface area contributed by atoms with Crippen molar-refractivity contribution in [3.05, 3.63) is 0 Å². The maximum Gasteiger partial charge on any atom is 0.319 e. The Labute approximate surface area is 110 Å². The van der Waals surface area contributed by atoms with E-state index in [9.17, 15) is 4.79 Å². The molecule has 1 aliphatic carbocycles. The largest absolute Gasteiger partial charge is 0.462 e. The van der Waals surface area contributed by atoms with Gasteiger partial charge in [-0.3, -0.25) is 4.79 Å². The van der Waals surface area contributed by atoms with Crippen molar-refractivity contribution >= 4 is 23.7 Å². The number of aromatic amines is 1. The first kappa shape index (κ1) is 13.2. The molecule has 0 saturated heterocycles. The summed E-state index contributed by atoms with van der Waals surface area (Å²) in [7, 11) is 0.